The summed E-state index contributed by atoms with van der Waals surface area (Å²) in [6.07, 6.45) is 4.93. The maximum Gasteiger partial charge on any atom is 0.281 e. The number of carbonyl (C=O) groups is 1. The van der Waals surface area contributed by atoms with Crippen LogP contribution >= 0.6 is 11.6 Å². The van der Waals surface area contributed by atoms with E-state index >= 15 is 0 Å². The van der Waals surface area contributed by atoms with Crippen LogP contribution in [0.1, 0.15) is 32.1 Å². The number of rotatable bonds is 5. The summed E-state index contributed by atoms with van der Waals surface area (Å²) >= 11 is 5.64. The predicted octanol–water partition coefficient (Wildman–Crippen LogP) is 1.89. The van der Waals surface area contributed by atoms with Gasteiger partial charge in [0.2, 0.25) is 5.91 Å². The van der Waals surface area contributed by atoms with Gasteiger partial charge in [0.15, 0.2) is 5.03 Å². The zero-order valence-corrected chi connectivity index (χ0v) is 13.0. The molecule has 0 saturated carbocycles. The van der Waals surface area contributed by atoms with E-state index in [2.05, 4.69) is 4.98 Å². The first-order valence-electron chi connectivity index (χ1n) is 6.76. The van der Waals surface area contributed by atoms with Crippen molar-refractivity contribution in [3.05, 3.63) is 23.4 Å². The summed E-state index contributed by atoms with van der Waals surface area (Å²) in [5.74, 6) is -0.555. The number of halogens is 1. The molecular weight excluding hydrogens is 316 g/mol. The van der Waals surface area contributed by atoms with Gasteiger partial charge < -0.3 is 4.74 Å². The van der Waals surface area contributed by atoms with E-state index in [9.17, 15) is 13.2 Å². The first kappa shape index (κ1) is 16.2. The lowest BCUT2D eigenvalue weighted by atomic mass is 10.0. The molecule has 1 aromatic heterocycles. The number of pyridine rings is 1. The zero-order chi connectivity index (χ0) is 15.3. The molecule has 0 radical (unpaired) electrons. The number of nitrogens with one attached hydrogen (secondary N) is 1. The fourth-order valence-electron chi connectivity index (χ4n) is 2.10. The molecule has 6 nitrogen and oxygen atoms in total. The summed E-state index contributed by atoms with van der Waals surface area (Å²) in [7, 11) is -3.94. The molecule has 1 aromatic rings. The van der Waals surface area contributed by atoms with Crippen molar-refractivity contribution in [2.75, 3.05) is 6.61 Å². The smallest absolute Gasteiger partial charge is 0.281 e. The summed E-state index contributed by atoms with van der Waals surface area (Å²) in [6.45, 7) is 0.708. The van der Waals surface area contributed by atoms with Crippen LogP contribution in [-0.4, -0.2) is 32.0 Å². The molecule has 0 aliphatic carbocycles. The molecule has 1 amide bonds. The van der Waals surface area contributed by atoms with Crippen LogP contribution in [0.25, 0.3) is 0 Å². The van der Waals surface area contributed by atoms with Gasteiger partial charge in [-0.15, -0.1) is 0 Å². The average Bonchev–Trinajstić information content (AvgIpc) is 2.46. The highest BCUT2D eigenvalue weighted by Gasteiger charge is 2.21. The summed E-state index contributed by atoms with van der Waals surface area (Å²) in [4.78, 5) is 15.4. The minimum atomic E-state index is -3.94. The topological polar surface area (TPSA) is 85.4 Å². The second kappa shape index (κ2) is 7.20. The molecule has 1 saturated heterocycles. The lowest BCUT2D eigenvalue weighted by molar-refractivity contribution is -0.120. The van der Waals surface area contributed by atoms with Crippen molar-refractivity contribution in [3.8, 4) is 0 Å². The van der Waals surface area contributed by atoms with E-state index in [0.29, 0.717) is 18.1 Å². The Morgan fingerprint density at radius 2 is 2.24 bits per heavy atom. The van der Waals surface area contributed by atoms with Crippen molar-refractivity contribution in [1.82, 2.24) is 9.71 Å². The molecule has 0 spiro atoms. The molecule has 1 N–H and O–H groups in total. The molecule has 8 heteroatoms. The fraction of sp³-hybridized carbons (Fsp3) is 0.538. The number of carbonyl (C=O) groups excluding carboxylic acids is 1. The summed E-state index contributed by atoms with van der Waals surface area (Å²) in [6, 6.07) is 2.66. The van der Waals surface area contributed by atoms with Crippen molar-refractivity contribution < 1.29 is 17.9 Å². The van der Waals surface area contributed by atoms with Gasteiger partial charge in [0.25, 0.3) is 10.0 Å². The Morgan fingerprint density at radius 1 is 1.43 bits per heavy atom. The Labute approximate surface area is 128 Å². The molecule has 0 aromatic carbocycles. The van der Waals surface area contributed by atoms with Crippen LogP contribution in [0.5, 0.6) is 0 Å². The number of sulfonamides is 1. The minimum Gasteiger partial charge on any atom is -0.378 e. The highest BCUT2D eigenvalue weighted by atomic mass is 35.5. The van der Waals surface area contributed by atoms with Crippen LogP contribution in [0.4, 0.5) is 0 Å². The molecule has 1 fully saturated rings. The number of hydrogen-bond donors (Lipinski definition) is 1. The molecular formula is C13H17ClN2O4S. The van der Waals surface area contributed by atoms with Crippen molar-refractivity contribution in [3.63, 3.8) is 0 Å². The van der Waals surface area contributed by atoms with Crippen molar-refractivity contribution in [1.29, 1.82) is 0 Å². The Balaban J connectivity index is 1.87. The van der Waals surface area contributed by atoms with Gasteiger partial charge >= 0.3 is 0 Å². The zero-order valence-electron chi connectivity index (χ0n) is 11.4. The predicted molar refractivity (Wildman–Crippen MR) is 77.4 cm³/mol. The summed E-state index contributed by atoms with van der Waals surface area (Å²) in [5.41, 5.74) is 0. The standard InChI is InChI=1S/C13H17ClN2O4S/c14-10-4-7-13(15-9-10)21(18,19)16-12(17)6-5-11-3-1-2-8-20-11/h4,7,9,11H,1-3,5-6,8H2,(H,16,17)/t11-/m1/s1. The average molecular weight is 333 g/mol. The minimum absolute atomic E-state index is 0.0425. The Bertz CT molecular complexity index is 583. The highest BCUT2D eigenvalue weighted by Crippen LogP contribution is 2.17. The van der Waals surface area contributed by atoms with Gasteiger partial charge in [-0.05, 0) is 37.8 Å². The van der Waals surface area contributed by atoms with Gasteiger partial charge in [0, 0.05) is 19.2 Å². The number of aromatic nitrogens is 1. The van der Waals surface area contributed by atoms with Crippen LogP contribution in [0.2, 0.25) is 5.02 Å². The van der Waals surface area contributed by atoms with Crippen LogP contribution in [-0.2, 0) is 19.6 Å². The molecule has 2 heterocycles. The van der Waals surface area contributed by atoms with Gasteiger partial charge in [-0.1, -0.05) is 11.6 Å². The van der Waals surface area contributed by atoms with E-state index in [0.717, 1.165) is 19.3 Å². The fourth-order valence-corrected chi connectivity index (χ4v) is 3.16. The van der Waals surface area contributed by atoms with E-state index in [1.807, 2.05) is 4.72 Å². The van der Waals surface area contributed by atoms with Gasteiger partial charge in [-0.3, -0.25) is 4.79 Å². The third kappa shape index (κ3) is 4.94. The van der Waals surface area contributed by atoms with E-state index < -0.39 is 15.9 Å². The van der Waals surface area contributed by atoms with Gasteiger partial charge in [0.1, 0.15) is 0 Å². The number of ether oxygens (including phenoxy) is 1. The summed E-state index contributed by atoms with van der Waals surface area (Å²) in [5, 5.41) is 0.101. The molecule has 0 unspecified atom stereocenters. The monoisotopic (exact) mass is 332 g/mol. The largest absolute Gasteiger partial charge is 0.378 e. The third-order valence-corrected chi connectivity index (χ3v) is 4.70. The number of amides is 1. The van der Waals surface area contributed by atoms with Crippen LogP contribution in [0, 0.1) is 0 Å². The van der Waals surface area contributed by atoms with E-state index in [4.69, 9.17) is 16.3 Å². The quantitative estimate of drug-likeness (QED) is 0.890. The van der Waals surface area contributed by atoms with E-state index in [-0.39, 0.29) is 17.6 Å². The van der Waals surface area contributed by atoms with Crippen LogP contribution < -0.4 is 4.72 Å². The van der Waals surface area contributed by atoms with Crippen molar-refractivity contribution in [2.45, 2.75) is 43.2 Å². The van der Waals surface area contributed by atoms with E-state index in [1.54, 1.807) is 0 Å². The van der Waals surface area contributed by atoms with Crippen molar-refractivity contribution in [2.24, 2.45) is 0 Å². The SMILES string of the molecule is O=C(CC[C@H]1CCCCO1)NS(=O)(=O)c1ccc(Cl)cn1. The molecule has 2 rings (SSSR count). The third-order valence-electron chi connectivity index (χ3n) is 3.19. The Kier molecular flexibility index (Phi) is 5.55. The Hall–Kier alpha value is -1.18. The lowest BCUT2D eigenvalue weighted by Crippen LogP contribution is -2.32. The molecule has 1 aliphatic rings. The maximum atomic E-state index is 11.9. The first-order valence-corrected chi connectivity index (χ1v) is 8.62. The van der Waals surface area contributed by atoms with Gasteiger partial charge in [-0.25, -0.2) is 9.71 Å². The van der Waals surface area contributed by atoms with Gasteiger partial charge in [-0.2, -0.15) is 8.42 Å². The summed E-state index contributed by atoms with van der Waals surface area (Å²) < 4.78 is 31.4. The van der Waals surface area contributed by atoms with Gasteiger partial charge in [0.05, 0.1) is 11.1 Å². The van der Waals surface area contributed by atoms with E-state index in [1.165, 1.54) is 18.3 Å². The van der Waals surface area contributed by atoms with Crippen molar-refractivity contribution >= 4 is 27.5 Å². The molecule has 116 valence electrons. The van der Waals surface area contributed by atoms with Crippen LogP contribution in [0.15, 0.2) is 23.4 Å². The normalized spacial score (nSPS) is 19.2. The van der Waals surface area contributed by atoms with Crippen LogP contribution in [0.3, 0.4) is 0 Å². The first-order chi connectivity index (χ1) is 9.97. The molecule has 0 bridgehead atoms. The lowest BCUT2D eigenvalue weighted by Gasteiger charge is -2.22. The Morgan fingerprint density at radius 3 is 2.86 bits per heavy atom. The number of hydrogen-bond acceptors (Lipinski definition) is 5. The molecule has 1 aliphatic heterocycles. The second-order valence-corrected chi connectivity index (χ2v) is 6.94. The molecule has 1 atom stereocenters. The maximum absolute atomic E-state index is 11.9. The highest BCUT2D eigenvalue weighted by molar-refractivity contribution is 7.90. The molecule has 21 heavy (non-hydrogen) atoms. The second-order valence-electron chi connectivity index (χ2n) is 4.87. The number of nitrogens with zero attached hydrogens (tertiary/aromatic N) is 1.